The number of hydrogen-bond donors (Lipinski definition) is 4. The van der Waals surface area contributed by atoms with E-state index in [1.807, 2.05) is 12.2 Å². The van der Waals surface area contributed by atoms with Crippen molar-refractivity contribution in [2.24, 2.45) is 11.8 Å². The van der Waals surface area contributed by atoms with Gasteiger partial charge in [0.25, 0.3) is 0 Å². The maximum atomic E-state index is 12.1. The molecule has 1 aliphatic carbocycles. The molecule has 148 valence electrons. The number of hydrogen-bond acceptors (Lipinski definition) is 5. The summed E-state index contributed by atoms with van der Waals surface area (Å²) >= 11 is 0. The monoisotopic (exact) mass is 368 g/mol. The number of Topliss-reactive ketones (excluding diaryl/α,β-unsaturated/α-hetero) is 1. The number of unbranched alkanes of at least 4 members (excludes halogenated alkanes) is 1. The molecule has 0 unspecified atom stereocenters. The van der Waals surface area contributed by atoms with Gasteiger partial charge in [0.05, 0.1) is 18.3 Å². The molecule has 0 heterocycles. The van der Waals surface area contributed by atoms with Gasteiger partial charge in [0.2, 0.25) is 0 Å². The maximum Gasteiger partial charge on any atom is 0.303 e. The molecular formula is C20H32O6. The summed E-state index contributed by atoms with van der Waals surface area (Å²) in [7, 11) is 0. The smallest absolute Gasteiger partial charge is 0.303 e. The van der Waals surface area contributed by atoms with Gasteiger partial charge in [0.1, 0.15) is 5.78 Å². The third kappa shape index (κ3) is 8.74. The molecule has 0 aromatic rings. The first-order valence-corrected chi connectivity index (χ1v) is 9.43. The second-order valence-corrected chi connectivity index (χ2v) is 7.15. The van der Waals surface area contributed by atoms with Crippen LogP contribution < -0.4 is 0 Å². The minimum Gasteiger partial charge on any atom is -0.481 e. The Morgan fingerprint density at radius 1 is 1.23 bits per heavy atom. The van der Waals surface area contributed by atoms with Crippen LogP contribution in [0.1, 0.15) is 58.3 Å². The van der Waals surface area contributed by atoms with Gasteiger partial charge in [-0.3, -0.25) is 9.59 Å². The Morgan fingerprint density at radius 2 is 1.96 bits per heavy atom. The predicted octanol–water partition coefficient (Wildman–Crippen LogP) is 2.22. The zero-order valence-electron chi connectivity index (χ0n) is 15.5. The average Bonchev–Trinajstić information content (AvgIpc) is 2.81. The van der Waals surface area contributed by atoms with Gasteiger partial charge in [-0.05, 0) is 45.4 Å². The van der Waals surface area contributed by atoms with E-state index in [4.69, 9.17) is 5.11 Å². The molecule has 6 nitrogen and oxygen atoms in total. The van der Waals surface area contributed by atoms with Crippen LogP contribution in [-0.2, 0) is 9.59 Å². The van der Waals surface area contributed by atoms with Crippen molar-refractivity contribution < 1.29 is 30.0 Å². The summed E-state index contributed by atoms with van der Waals surface area (Å²) in [5.41, 5.74) is 0. The van der Waals surface area contributed by atoms with E-state index < -0.39 is 18.2 Å². The third-order valence-corrected chi connectivity index (χ3v) is 4.73. The highest BCUT2D eigenvalue weighted by Gasteiger charge is 2.39. The van der Waals surface area contributed by atoms with Crippen LogP contribution in [0.2, 0.25) is 0 Å². The van der Waals surface area contributed by atoms with Crippen LogP contribution in [-0.4, -0.2) is 50.5 Å². The summed E-state index contributed by atoms with van der Waals surface area (Å²) in [6, 6.07) is 0. The van der Waals surface area contributed by atoms with Crippen LogP contribution in [0.4, 0.5) is 0 Å². The molecule has 0 aromatic heterocycles. The molecule has 0 aliphatic heterocycles. The largest absolute Gasteiger partial charge is 0.481 e. The lowest BCUT2D eigenvalue weighted by Crippen LogP contribution is -2.18. The highest BCUT2D eigenvalue weighted by molar-refractivity contribution is 5.84. The first-order chi connectivity index (χ1) is 12.3. The van der Waals surface area contributed by atoms with Crippen LogP contribution in [0.3, 0.4) is 0 Å². The van der Waals surface area contributed by atoms with Crippen LogP contribution in [0.25, 0.3) is 0 Å². The fraction of sp³-hybridized carbons (Fsp3) is 0.700. The molecule has 1 aliphatic rings. The normalized spacial score (nSPS) is 26.0. The van der Waals surface area contributed by atoms with Crippen molar-refractivity contribution >= 4 is 11.8 Å². The van der Waals surface area contributed by atoms with E-state index in [0.29, 0.717) is 38.5 Å². The topological polar surface area (TPSA) is 115 Å². The number of ketones is 1. The van der Waals surface area contributed by atoms with E-state index in [2.05, 4.69) is 0 Å². The number of carbonyl (C=O) groups excluding carboxylic acids is 1. The molecule has 1 fully saturated rings. The highest BCUT2D eigenvalue weighted by atomic mass is 16.4. The SMILES string of the molecule is C[C@H](O)CCC[C@@H](O)/C=C/[C@H]1[C@H](O)CC(=O)[C@@H]1C/C=C\CCCC(=O)O. The highest BCUT2D eigenvalue weighted by Crippen LogP contribution is 2.33. The van der Waals surface area contributed by atoms with Gasteiger partial charge in [0.15, 0.2) is 0 Å². The molecule has 1 rings (SSSR count). The molecule has 0 saturated heterocycles. The molecule has 4 N–H and O–H groups in total. The maximum absolute atomic E-state index is 12.1. The van der Waals surface area contributed by atoms with Gasteiger partial charge >= 0.3 is 5.97 Å². The minimum atomic E-state index is -0.815. The molecule has 0 bridgehead atoms. The van der Waals surface area contributed by atoms with E-state index in [1.165, 1.54) is 0 Å². The first-order valence-electron chi connectivity index (χ1n) is 9.43. The molecule has 5 atom stereocenters. The number of aliphatic hydroxyl groups excluding tert-OH is 3. The zero-order chi connectivity index (χ0) is 19.5. The molecule has 26 heavy (non-hydrogen) atoms. The Morgan fingerprint density at radius 3 is 2.62 bits per heavy atom. The van der Waals surface area contributed by atoms with Crippen LogP contribution in [0.15, 0.2) is 24.3 Å². The predicted molar refractivity (Wildman–Crippen MR) is 98.5 cm³/mol. The third-order valence-electron chi connectivity index (χ3n) is 4.73. The average molecular weight is 368 g/mol. The van der Waals surface area contributed by atoms with Gasteiger partial charge in [-0.15, -0.1) is 0 Å². The van der Waals surface area contributed by atoms with Crippen molar-refractivity contribution in [2.45, 2.75) is 76.6 Å². The summed E-state index contributed by atoms with van der Waals surface area (Å²) in [5, 5.41) is 37.9. The number of carbonyl (C=O) groups is 2. The van der Waals surface area contributed by atoms with Crippen LogP contribution in [0.5, 0.6) is 0 Å². The lowest BCUT2D eigenvalue weighted by Gasteiger charge is -2.16. The van der Waals surface area contributed by atoms with Gasteiger partial charge in [-0.1, -0.05) is 24.3 Å². The fourth-order valence-electron chi connectivity index (χ4n) is 3.23. The number of carboxylic acid groups (broad SMARTS) is 1. The second kappa shape index (κ2) is 12.0. The van der Waals surface area contributed by atoms with Crippen molar-refractivity contribution in [3.05, 3.63) is 24.3 Å². The van der Waals surface area contributed by atoms with Crippen molar-refractivity contribution in [2.75, 3.05) is 0 Å². The lowest BCUT2D eigenvalue weighted by molar-refractivity contribution is -0.137. The van der Waals surface area contributed by atoms with E-state index in [0.717, 1.165) is 0 Å². The van der Waals surface area contributed by atoms with Gasteiger partial charge in [-0.25, -0.2) is 0 Å². The summed E-state index contributed by atoms with van der Waals surface area (Å²) in [6.45, 7) is 1.71. The first kappa shape index (κ1) is 22.5. The summed E-state index contributed by atoms with van der Waals surface area (Å²) in [6.07, 6.45) is 9.23. The Kier molecular flexibility index (Phi) is 10.4. The molecule has 0 amide bonds. The lowest BCUT2D eigenvalue weighted by atomic mass is 9.90. The van der Waals surface area contributed by atoms with Gasteiger partial charge in [0, 0.05) is 24.7 Å². The second-order valence-electron chi connectivity index (χ2n) is 7.15. The number of allylic oxidation sites excluding steroid dienone is 2. The van der Waals surface area contributed by atoms with Gasteiger partial charge in [-0.2, -0.15) is 0 Å². The number of aliphatic carboxylic acids is 1. The Labute approximate surface area is 155 Å². The molecule has 0 aromatic carbocycles. The molecule has 0 radical (unpaired) electrons. The Balaban J connectivity index is 2.47. The number of rotatable bonds is 12. The van der Waals surface area contributed by atoms with E-state index in [-0.39, 0.29) is 36.6 Å². The Bertz CT molecular complexity index is 497. The van der Waals surface area contributed by atoms with E-state index in [1.54, 1.807) is 19.1 Å². The van der Waals surface area contributed by atoms with Crippen LogP contribution >= 0.6 is 0 Å². The standard InChI is InChI=1S/C20H32O6/c1-14(21)7-6-8-15(22)11-12-17-16(18(23)13-19(17)24)9-4-2-3-5-10-20(25)26/h2,4,11-12,14-17,19,21-22,24H,3,5-10,13H2,1H3,(H,25,26)/b4-2-,12-11+/t14-,15+,16+,17+,19+/m0/s1. The molecule has 1 saturated carbocycles. The van der Waals surface area contributed by atoms with Crippen LogP contribution in [0, 0.1) is 11.8 Å². The van der Waals surface area contributed by atoms with Crippen molar-refractivity contribution in [1.82, 2.24) is 0 Å². The minimum absolute atomic E-state index is 0.0194. The molecular weight excluding hydrogens is 336 g/mol. The van der Waals surface area contributed by atoms with Gasteiger partial charge < -0.3 is 20.4 Å². The zero-order valence-corrected chi connectivity index (χ0v) is 15.5. The fourth-order valence-corrected chi connectivity index (χ4v) is 3.23. The summed E-state index contributed by atoms with van der Waals surface area (Å²) in [5.74, 6) is -1.41. The van der Waals surface area contributed by atoms with E-state index in [9.17, 15) is 24.9 Å². The van der Waals surface area contributed by atoms with Crippen molar-refractivity contribution in [3.8, 4) is 0 Å². The van der Waals surface area contributed by atoms with Crippen molar-refractivity contribution in [1.29, 1.82) is 0 Å². The molecule has 0 spiro atoms. The Hall–Kier alpha value is -1.50. The summed E-state index contributed by atoms with van der Waals surface area (Å²) in [4.78, 5) is 22.6. The quantitative estimate of drug-likeness (QED) is 0.310. The van der Waals surface area contributed by atoms with Crippen molar-refractivity contribution in [3.63, 3.8) is 0 Å². The van der Waals surface area contributed by atoms with E-state index >= 15 is 0 Å². The number of aliphatic hydroxyl groups is 3. The number of carboxylic acids is 1. The molecule has 6 heteroatoms. The summed E-state index contributed by atoms with van der Waals surface area (Å²) < 4.78 is 0.